The summed E-state index contributed by atoms with van der Waals surface area (Å²) < 4.78 is 53.7. The second-order valence-corrected chi connectivity index (χ2v) is 9.06. The molecule has 39 heavy (non-hydrogen) atoms. The summed E-state index contributed by atoms with van der Waals surface area (Å²) in [7, 11) is 0. The van der Waals surface area contributed by atoms with Crippen molar-refractivity contribution in [2.24, 2.45) is 0 Å². The van der Waals surface area contributed by atoms with Gasteiger partial charge in [0.05, 0.1) is 16.7 Å². The Kier molecular flexibility index (Phi) is 8.44. The van der Waals surface area contributed by atoms with E-state index in [1.165, 1.54) is 11.0 Å². The summed E-state index contributed by atoms with van der Waals surface area (Å²) >= 11 is 0. The smallest absolute Gasteiger partial charge is 0.416 e. The minimum Gasteiger partial charge on any atom is -0.478 e. The molecule has 200 valence electrons. The van der Waals surface area contributed by atoms with Crippen LogP contribution in [0.4, 0.5) is 17.6 Å². The summed E-state index contributed by atoms with van der Waals surface area (Å²) in [6.07, 6.45) is -3.51. The van der Waals surface area contributed by atoms with Crippen LogP contribution < -0.4 is 0 Å². The van der Waals surface area contributed by atoms with E-state index in [9.17, 15) is 32.3 Å². The lowest BCUT2D eigenvalue weighted by molar-refractivity contribution is -0.137. The van der Waals surface area contributed by atoms with Crippen molar-refractivity contribution < 1.29 is 32.3 Å². The zero-order chi connectivity index (χ0) is 28.0. The van der Waals surface area contributed by atoms with Gasteiger partial charge in [0.1, 0.15) is 5.82 Å². The first-order chi connectivity index (χ1) is 18.6. The summed E-state index contributed by atoms with van der Waals surface area (Å²) in [5, 5.41) is 9.48. The van der Waals surface area contributed by atoms with E-state index in [1.807, 2.05) is 30.3 Å². The van der Waals surface area contributed by atoms with Crippen molar-refractivity contribution in [3.63, 3.8) is 0 Å². The molecule has 4 aromatic carbocycles. The van der Waals surface area contributed by atoms with Gasteiger partial charge in [0.15, 0.2) is 0 Å². The van der Waals surface area contributed by atoms with Crippen molar-refractivity contribution in [3.05, 3.63) is 131 Å². The van der Waals surface area contributed by atoms with Gasteiger partial charge in [-0.05, 0) is 59.4 Å². The van der Waals surface area contributed by atoms with Crippen LogP contribution in [0.15, 0.2) is 97.1 Å². The summed E-state index contributed by atoms with van der Waals surface area (Å²) in [5.74, 6) is -3.00. The maximum Gasteiger partial charge on any atom is 0.416 e. The van der Waals surface area contributed by atoms with E-state index in [2.05, 4.69) is 0 Å². The third kappa shape index (κ3) is 6.90. The maximum absolute atomic E-state index is 14.7. The van der Waals surface area contributed by atoms with Gasteiger partial charge in [0.2, 0.25) is 0 Å². The molecule has 4 aromatic rings. The molecular weight excluding hydrogens is 510 g/mol. The number of alkyl halides is 3. The van der Waals surface area contributed by atoms with Crippen molar-refractivity contribution in [3.8, 4) is 11.1 Å². The molecule has 1 N–H and O–H groups in total. The molecule has 0 aliphatic carbocycles. The number of carboxylic acids is 1. The topological polar surface area (TPSA) is 57.6 Å². The van der Waals surface area contributed by atoms with Crippen LogP contribution in [0.2, 0.25) is 0 Å². The molecule has 0 saturated heterocycles. The summed E-state index contributed by atoms with van der Waals surface area (Å²) in [6, 6.07) is 25.1. The number of carbonyl (C=O) groups excluding carboxylic acids is 1. The molecule has 0 bridgehead atoms. The highest BCUT2D eigenvalue weighted by Gasteiger charge is 2.32. The van der Waals surface area contributed by atoms with Crippen LogP contribution in [0.5, 0.6) is 0 Å². The van der Waals surface area contributed by atoms with Gasteiger partial charge in [-0.2, -0.15) is 13.2 Å². The molecular formula is C31H25F4NO3. The van der Waals surface area contributed by atoms with E-state index in [-0.39, 0.29) is 18.7 Å². The number of benzene rings is 4. The Morgan fingerprint density at radius 2 is 1.44 bits per heavy atom. The Labute approximate surface area is 223 Å². The van der Waals surface area contributed by atoms with Crippen LogP contribution in [0.25, 0.3) is 11.1 Å². The number of halogens is 4. The maximum atomic E-state index is 14.7. The lowest BCUT2D eigenvalue weighted by Crippen LogP contribution is -2.32. The number of nitrogens with zero attached hydrogens (tertiary/aromatic N) is 1. The van der Waals surface area contributed by atoms with Crippen LogP contribution in [-0.4, -0.2) is 28.4 Å². The second-order valence-electron chi connectivity index (χ2n) is 9.06. The van der Waals surface area contributed by atoms with E-state index < -0.39 is 35.0 Å². The minimum atomic E-state index is -4.72. The number of aryl methyl sites for hydroxylation is 1. The molecule has 0 aliphatic rings. The average molecular weight is 536 g/mol. The Hall–Kier alpha value is -4.46. The molecule has 8 heteroatoms. The van der Waals surface area contributed by atoms with Crippen molar-refractivity contribution in [2.45, 2.75) is 25.6 Å². The van der Waals surface area contributed by atoms with Crippen LogP contribution in [0, 0.1) is 5.82 Å². The fourth-order valence-electron chi connectivity index (χ4n) is 4.34. The third-order valence-electron chi connectivity index (χ3n) is 6.35. The van der Waals surface area contributed by atoms with Crippen molar-refractivity contribution in [2.75, 3.05) is 6.54 Å². The fourth-order valence-corrected chi connectivity index (χ4v) is 4.34. The van der Waals surface area contributed by atoms with E-state index >= 15 is 0 Å². The van der Waals surface area contributed by atoms with Gasteiger partial charge in [0, 0.05) is 13.1 Å². The van der Waals surface area contributed by atoms with Gasteiger partial charge in [-0.15, -0.1) is 0 Å². The normalized spacial score (nSPS) is 11.3. The number of hydrogen-bond acceptors (Lipinski definition) is 2. The highest BCUT2D eigenvalue weighted by molar-refractivity contribution is 5.96. The first-order valence-electron chi connectivity index (χ1n) is 12.2. The SMILES string of the molecule is O=C(O)c1ccccc1-c1ccc(CN(CCCc2ccccc2)C(=O)c2ccc(C(F)(F)F)cc2F)cc1. The van der Waals surface area contributed by atoms with E-state index in [1.54, 1.807) is 42.5 Å². The second kappa shape index (κ2) is 11.9. The van der Waals surface area contributed by atoms with Crippen LogP contribution >= 0.6 is 0 Å². The highest BCUT2D eigenvalue weighted by Crippen LogP contribution is 2.31. The first kappa shape index (κ1) is 27.6. The standard InChI is InChI=1S/C31H25F4NO3/c32-28-19-24(31(33,34)35)16-17-27(28)29(37)36(18-6-9-21-7-2-1-3-8-21)20-22-12-14-23(15-13-22)25-10-4-5-11-26(25)30(38)39/h1-5,7-8,10-17,19H,6,9,18,20H2,(H,38,39). The van der Waals surface area contributed by atoms with E-state index in [4.69, 9.17) is 0 Å². The molecule has 0 fully saturated rings. The molecule has 1 amide bonds. The van der Waals surface area contributed by atoms with Crippen molar-refractivity contribution in [1.82, 2.24) is 4.90 Å². The minimum absolute atomic E-state index is 0.0922. The van der Waals surface area contributed by atoms with Crippen molar-refractivity contribution >= 4 is 11.9 Å². The number of hydrogen-bond donors (Lipinski definition) is 1. The predicted molar refractivity (Wildman–Crippen MR) is 140 cm³/mol. The first-order valence-corrected chi connectivity index (χ1v) is 12.2. The Morgan fingerprint density at radius 1 is 0.769 bits per heavy atom. The average Bonchev–Trinajstić information content (AvgIpc) is 2.92. The van der Waals surface area contributed by atoms with Crippen molar-refractivity contribution in [1.29, 1.82) is 0 Å². The molecule has 0 atom stereocenters. The van der Waals surface area contributed by atoms with Gasteiger partial charge >= 0.3 is 12.1 Å². The summed E-state index contributed by atoms with van der Waals surface area (Å²) in [5.41, 5.74) is 1.53. The van der Waals surface area contributed by atoms with Gasteiger partial charge in [0.25, 0.3) is 5.91 Å². The van der Waals surface area contributed by atoms with Crippen LogP contribution in [-0.2, 0) is 19.1 Å². The summed E-state index contributed by atoms with van der Waals surface area (Å²) in [4.78, 5) is 26.3. The monoisotopic (exact) mass is 535 g/mol. The lowest BCUT2D eigenvalue weighted by Gasteiger charge is -2.24. The van der Waals surface area contributed by atoms with E-state index in [0.717, 1.165) is 11.6 Å². The molecule has 0 heterocycles. The molecule has 0 unspecified atom stereocenters. The lowest BCUT2D eigenvalue weighted by atomic mass is 9.98. The van der Waals surface area contributed by atoms with Crippen LogP contribution in [0.1, 0.15) is 43.8 Å². The van der Waals surface area contributed by atoms with Gasteiger partial charge in [-0.1, -0.05) is 72.8 Å². The molecule has 4 rings (SSSR count). The van der Waals surface area contributed by atoms with Gasteiger partial charge in [-0.3, -0.25) is 4.79 Å². The van der Waals surface area contributed by atoms with Gasteiger partial charge in [-0.25, -0.2) is 9.18 Å². The number of amides is 1. The number of carbonyl (C=O) groups is 2. The highest BCUT2D eigenvalue weighted by atomic mass is 19.4. The zero-order valence-corrected chi connectivity index (χ0v) is 20.8. The Balaban J connectivity index is 1.57. The molecule has 0 aliphatic heterocycles. The number of rotatable bonds is 9. The Morgan fingerprint density at radius 3 is 2.08 bits per heavy atom. The van der Waals surface area contributed by atoms with Crippen LogP contribution in [0.3, 0.4) is 0 Å². The predicted octanol–water partition coefficient (Wildman–Crippen LogP) is 7.48. The number of carboxylic acid groups (broad SMARTS) is 1. The quantitative estimate of drug-likeness (QED) is 0.226. The molecule has 0 aromatic heterocycles. The summed E-state index contributed by atoms with van der Waals surface area (Å²) in [6.45, 7) is 0.340. The largest absolute Gasteiger partial charge is 0.478 e. The molecule has 0 spiro atoms. The fraction of sp³-hybridized carbons (Fsp3) is 0.161. The number of aromatic carboxylic acids is 1. The Bertz CT molecular complexity index is 1450. The molecule has 0 radical (unpaired) electrons. The zero-order valence-electron chi connectivity index (χ0n) is 20.8. The third-order valence-corrected chi connectivity index (χ3v) is 6.35. The van der Waals surface area contributed by atoms with E-state index in [0.29, 0.717) is 41.7 Å². The molecule has 0 saturated carbocycles. The molecule has 4 nitrogen and oxygen atoms in total. The van der Waals surface area contributed by atoms with Gasteiger partial charge < -0.3 is 10.0 Å².